The number of unbranched alkanes of at least 4 members (excludes halogenated alkanes) is 15. The molecule has 140 valence electrons. The van der Waals surface area contributed by atoms with E-state index in [0.29, 0.717) is 0 Å². The van der Waals surface area contributed by atoms with E-state index in [2.05, 4.69) is 21.8 Å². The largest absolute Gasteiger partial charge is 0.368 e. The van der Waals surface area contributed by atoms with Crippen LogP contribution < -0.4 is 5.32 Å². The smallest absolute Gasteiger partial charge is 0.161 e. The van der Waals surface area contributed by atoms with Crippen molar-refractivity contribution in [1.82, 2.24) is 9.59 Å². The van der Waals surface area contributed by atoms with Crippen LogP contribution in [0.25, 0.3) is 0 Å². The van der Waals surface area contributed by atoms with Gasteiger partial charge in [0.05, 0.1) is 5.38 Å². The highest BCUT2D eigenvalue weighted by Gasteiger charge is 1.96. The number of nitrogens with one attached hydrogen (secondary N) is 1. The quantitative estimate of drug-likeness (QED) is 0.283. The summed E-state index contributed by atoms with van der Waals surface area (Å²) in [7, 11) is 0. The first-order valence-electron chi connectivity index (χ1n) is 10.4. The summed E-state index contributed by atoms with van der Waals surface area (Å²) in [6.07, 6.45) is 22.7. The summed E-state index contributed by atoms with van der Waals surface area (Å²) in [5.41, 5.74) is 0. The first-order valence-corrected chi connectivity index (χ1v) is 11.3. The fraction of sp³-hybridized carbons (Fsp3) is 0.900. The molecule has 0 radical (unpaired) electrons. The first-order chi connectivity index (χ1) is 11.9. The molecule has 1 heterocycles. The highest BCUT2D eigenvalue weighted by Crippen LogP contribution is 2.13. The van der Waals surface area contributed by atoms with Crippen LogP contribution in [-0.4, -0.2) is 16.1 Å². The molecule has 4 heteroatoms. The maximum absolute atomic E-state index is 3.98. The monoisotopic (exact) mass is 353 g/mol. The van der Waals surface area contributed by atoms with E-state index in [1.165, 1.54) is 114 Å². The molecule has 0 aromatic carbocycles. The third kappa shape index (κ3) is 13.8. The first kappa shape index (κ1) is 21.4. The summed E-state index contributed by atoms with van der Waals surface area (Å²) in [5, 5.41) is 9.26. The summed E-state index contributed by atoms with van der Waals surface area (Å²) < 4.78 is 3.85. The van der Waals surface area contributed by atoms with Crippen molar-refractivity contribution in [2.24, 2.45) is 0 Å². The van der Waals surface area contributed by atoms with Crippen molar-refractivity contribution in [2.45, 2.75) is 110 Å². The standard InChI is InChI=1S/C20H39N3S/c1-2-3-4-5-6-7-8-9-10-11-12-13-14-15-16-17-18-21-20-19-24-23-22-20/h19,21H,2-18H2,1H3. The van der Waals surface area contributed by atoms with E-state index in [1.54, 1.807) is 0 Å². The van der Waals surface area contributed by atoms with Crippen molar-refractivity contribution in [2.75, 3.05) is 11.9 Å². The molecule has 0 spiro atoms. The Labute approximate surface area is 154 Å². The van der Waals surface area contributed by atoms with Crippen LogP contribution in [0.15, 0.2) is 5.38 Å². The number of aromatic nitrogens is 2. The molecular formula is C20H39N3S. The lowest BCUT2D eigenvalue weighted by Gasteiger charge is -2.04. The highest BCUT2D eigenvalue weighted by molar-refractivity contribution is 7.03. The molecule has 0 saturated heterocycles. The van der Waals surface area contributed by atoms with E-state index >= 15 is 0 Å². The van der Waals surface area contributed by atoms with E-state index in [4.69, 9.17) is 0 Å². The minimum absolute atomic E-state index is 0.931. The molecule has 1 aromatic heterocycles. The topological polar surface area (TPSA) is 37.8 Å². The molecule has 0 amide bonds. The predicted octanol–water partition coefficient (Wildman–Crippen LogP) is 7.21. The Bertz CT molecular complexity index is 341. The van der Waals surface area contributed by atoms with Crippen molar-refractivity contribution >= 4 is 17.4 Å². The van der Waals surface area contributed by atoms with Crippen LogP contribution in [0, 0.1) is 0 Å². The number of anilines is 1. The minimum atomic E-state index is 0.931. The van der Waals surface area contributed by atoms with Gasteiger partial charge in [-0.3, -0.25) is 0 Å². The van der Waals surface area contributed by atoms with E-state index in [-0.39, 0.29) is 0 Å². The number of hydrogen-bond acceptors (Lipinski definition) is 4. The molecule has 24 heavy (non-hydrogen) atoms. The average Bonchev–Trinajstić information content (AvgIpc) is 3.11. The van der Waals surface area contributed by atoms with Crippen molar-refractivity contribution in [3.63, 3.8) is 0 Å². The molecule has 1 N–H and O–H groups in total. The summed E-state index contributed by atoms with van der Waals surface area (Å²) in [6.45, 7) is 3.32. The zero-order valence-corrected chi connectivity index (χ0v) is 16.7. The van der Waals surface area contributed by atoms with E-state index < -0.39 is 0 Å². The molecule has 1 aromatic rings. The number of hydrogen-bond donors (Lipinski definition) is 1. The van der Waals surface area contributed by atoms with Gasteiger partial charge in [-0.25, -0.2) is 0 Å². The van der Waals surface area contributed by atoms with Crippen molar-refractivity contribution in [1.29, 1.82) is 0 Å². The van der Waals surface area contributed by atoms with E-state index in [0.717, 1.165) is 12.4 Å². The second-order valence-corrected chi connectivity index (χ2v) is 7.63. The zero-order valence-electron chi connectivity index (χ0n) is 15.9. The van der Waals surface area contributed by atoms with Crippen LogP contribution in [0.2, 0.25) is 0 Å². The maximum atomic E-state index is 3.98. The minimum Gasteiger partial charge on any atom is -0.368 e. The Hall–Kier alpha value is -0.640. The van der Waals surface area contributed by atoms with Gasteiger partial charge < -0.3 is 5.32 Å². The molecule has 3 nitrogen and oxygen atoms in total. The van der Waals surface area contributed by atoms with Gasteiger partial charge in [0.2, 0.25) is 0 Å². The van der Waals surface area contributed by atoms with Crippen LogP contribution >= 0.6 is 11.5 Å². The molecule has 0 unspecified atom stereocenters. The Balaban J connectivity index is 1.66. The lowest BCUT2D eigenvalue weighted by atomic mass is 10.0. The number of nitrogens with zero attached hydrogens (tertiary/aromatic N) is 2. The third-order valence-corrected chi connectivity index (χ3v) is 5.20. The van der Waals surface area contributed by atoms with Crippen LogP contribution in [0.4, 0.5) is 5.82 Å². The summed E-state index contributed by atoms with van der Waals surface area (Å²) in [4.78, 5) is 0. The Kier molecular flexibility index (Phi) is 15.3. The SMILES string of the molecule is CCCCCCCCCCCCCCCCCCNc1csnn1. The van der Waals surface area contributed by atoms with Gasteiger partial charge in [0, 0.05) is 6.54 Å². The molecule has 0 aliphatic heterocycles. The molecular weight excluding hydrogens is 314 g/mol. The van der Waals surface area contributed by atoms with Crippen LogP contribution in [0.1, 0.15) is 110 Å². The molecule has 0 aliphatic carbocycles. The fourth-order valence-corrected chi connectivity index (χ4v) is 3.54. The lowest BCUT2D eigenvalue weighted by Crippen LogP contribution is -2.01. The van der Waals surface area contributed by atoms with Crippen molar-refractivity contribution < 1.29 is 0 Å². The molecule has 0 fully saturated rings. The molecule has 0 saturated carbocycles. The molecule has 1 rings (SSSR count). The molecule has 0 atom stereocenters. The Morgan fingerprint density at radius 3 is 1.58 bits per heavy atom. The van der Waals surface area contributed by atoms with Gasteiger partial charge >= 0.3 is 0 Å². The van der Waals surface area contributed by atoms with Crippen LogP contribution in [0.5, 0.6) is 0 Å². The second-order valence-electron chi connectivity index (χ2n) is 7.02. The maximum Gasteiger partial charge on any atom is 0.161 e. The summed E-state index contributed by atoms with van der Waals surface area (Å²) >= 11 is 1.41. The van der Waals surface area contributed by atoms with Crippen LogP contribution in [-0.2, 0) is 0 Å². The summed E-state index contributed by atoms with van der Waals surface area (Å²) in [5.74, 6) is 0.931. The molecule has 0 bridgehead atoms. The summed E-state index contributed by atoms with van der Waals surface area (Å²) in [6, 6.07) is 0. The second kappa shape index (κ2) is 17.2. The highest BCUT2D eigenvalue weighted by atomic mass is 32.1. The molecule has 0 aliphatic rings. The van der Waals surface area contributed by atoms with Crippen LogP contribution in [0.3, 0.4) is 0 Å². The van der Waals surface area contributed by atoms with Gasteiger partial charge in [0.15, 0.2) is 5.82 Å². The van der Waals surface area contributed by atoms with Gasteiger partial charge in [-0.15, -0.1) is 5.10 Å². The fourth-order valence-electron chi connectivity index (χ4n) is 3.13. The Morgan fingerprint density at radius 1 is 0.708 bits per heavy atom. The predicted molar refractivity (Wildman–Crippen MR) is 108 cm³/mol. The lowest BCUT2D eigenvalue weighted by molar-refractivity contribution is 0.530. The number of rotatable bonds is 18. The zero-order chi connectivity index (χ0) is 17.1. The van der Waals surface area contributed by atoms with Gasteiger partial charge in [-0.05, 0) is 18.0 Å². The van der Waals surface area contributed by atoms with Crippen molar-refractivity contribution in [3.8, 4) is 0 Å². The van der Waals surface area contributed by atoms with Gasteiger partial charge in [-0.1, -0.05) is 108 Å². The van der Waals surface area contributed by atoms with Crippen molar-refractivity contribution in [3.05, 3.63) is 5.38 Å². The Morgan fingerprint density at radius 2 is 1.17 bits per heavy atom. The average molecular weight is 354 g/mol. The van der Waals surface area contributed by atoms with E-state index in [9.17, 15) is 0 Å². The van der Waals surface area contributed by atoms with Gasteiger partial charge in [-0.2, -0.15) is 0 Å². The van der Waals surface area contributed by atoms with Gasteiger partial charge in [0.1, 0.15) is 0 Å². The van der Waals surface area contributed by atoms with E-state index in [1.807, 2.05) is 5.38 Å². The third-order valence-electron chi connectivity index (χ3n) is 4.70. The normalized spacial score (nSPS) is 11.0. The van der Waals surface area contributed by atoms with Gasteiger partial charge in [0.25, 0.3) is 0 Å².